The molecule has 1 aliphatic heterocycles. The average molecular weight is 496 g/mol. The van der Waals surface area contributed by atoms with E-state index in [1.165, 1.54) is 6.42 Å². The summed E-state index contributed by atoms with van der Waals surface area (Å²) in [6, 6.07) is 19.1. The van der Waals surface area contributed by atoms with Gasteiger partial charge in [0.15, 0.2) is 0 Å². The number of likely N-dealkylation sites (tertiary alicyclic amines) is 1. The van der Waals surface area contributed by atoms with Crippen LogP contribution >= 0.6 is 0 Å². The van der Waals surface area contributed by atoms with E-state index in [0.29, 0.717) is 17.7 Å². The number of carboxylic acids is 1. The zero-order chi connectivity index (χ0) is 25.9. The number of carbonyl (C=O) groups excluding carboxylic acids is 1. The maximum Gasteiger partial charge on any atom is 0.336 e. The van der Waals surface area contributed by atoms with Crippen LogP contribution < -0.4 is 0 Å². The molecule has 0 saturated carbocycles. The van der Waals surface area contributed by atoms with Crippen LogP contribution in [0.4, 0.5) is 0 Å². The van der Waals surface area contributed by atoms with Crippen molar-refractivity contribution in [3.05, 3.63) is 88.7 Å². The minimum Gasteiger partial charge on any atom is -0.478 e. The number of rotatable bonds is 7. The number of imidazole rings is 1. The fourth-order valence-corrected chi connectivity index (χ4v) is 5.33. The van der Waals surface area contributed by atoms with Crippen LogP contribution in [0.15, 0.2) is 60.7 Å². The van der Waals surface area contributed by atoms with Gasteiger partial charge < -0.3 is 14.6 Å². The summed E-state index contributed by atoms with van der Waals surface area (Å²) in [5.41, 5.74) is 6.66. The number of aromatic nitrogens is 2. The summed E-state index contributed by atoms with van der Waals surface area (Å²) < 4.78 is 2.24. The highest BCUT2D eigenvalue weighted by molar-refractivity contribution is 5.98. The van der Waals surface area contributed by atoms with Gasteiger partial charge in [0.05, 0.1) is 16.6 Å². The van der Waals surface area contributed by atoms with Crippen molar-refractivity contribution in [3.8, 4) is 11.1 Å². The summed E-state index contributed by atoms with van der Waals surface area (Å²) in [7, 11) is 0. The molecule has 1 aromatic heterocycles. The first kappa shape index (κ1) is 24.8. The van der Waals surface area contributed by atoms with Crippen molar-refractivity contribution in [2.75, 3.05) is 13.1 Å². The summed E-state index contributed by atoms with van der Waals surface area (Å²) in [5.74, 6) is 0.193. The lowest BCUT2D eigenvalue weighted by molar-refractivity contribution is 0.0695. The van der Waals surface area contributed by atoms with Crippen molar-refractivity contribution in [1.29, 1.82) is 0 Å². The molecule has 0 bridgehead atoms. The number of carbonyl (C=O) groups is 2. The molecule has 6 nitrogen and oxygen atoms in total. The number of carboxylic acid groups (broad SMARTS) is 1. The van der Waals surface area contributed by atoms with Gasteiger partial charge >= 0.3 is 5.97 Å². The van der Waals surface area contributed by atoms with Gasteiger partial charge in [-0.25, -0.2) is 9.78 Å². The molecule has 0 spiro atoms. The number of aromatic carboxylic acids is 1. The molecular weight excluding hydrogens is 462 g/mol. The first-order valence-electron chi connectivity index (χ1n) is 13.2. The number of hydrogen-bond acceptors (Lipinski definition) is 3. The maximum atomic E-state index is 13.3. The molecule has 1 N–H and O–H groups in total. The van der Waals surface area contributed by atoms with Crippen molar-refractivity contribution in [3.63, 3.8) is 0 Å². The molecule has 0 atom stereocenters. The quantitative estimate of drug-likeness (QED) is 0.325. The minimum atomic E-state index is -0.931. The lowest BCUT2D eigenvalue weighted by atomic mass is 9.98. The standard InChI is InChI=1S/C31H33N3O3/c1-3-9-28-32-29-21(2)18-24(30(35)33-16-7-4-8-17-33)19-27(29)34(28)20-22-12-14-23(15-13-22)25-10-5-6-11-26(25)31(36)37/h5-6,10-15,18-19H,3-4,7-9,16-17,20H2,1-2H3,(H,36,37). The molecule has 190 valence electrons. The van der Waals surface area contributed by atoms with E-state index in [-0.39, 0.29) is 5.91 Å². The highest BCUT2D eigenvalue weighted by Gasteiger charge is 2.21. The van der Waals surface area contributed by atoms with E-state index in [1.807, 2.05) is 60.4 Å². The molecule has 5 rings (SSSR count). The predicted molar refractivity (Wildman–Crippen MR) is 146 cm³/mol. The van der Waals surface area contributed by atoms with E-state index in [1.54, 1.807) is 12.1 Å². The van der Waals surface area contributed by atoms with Crippen LogP contribution in [-0.4, -0.2) is 44.5 Å². The molecule has 0 aliphatic carbocycles. The van der Waals surface area contributed by atoms with E-state index in [4.69, 9.17) is 4.98 Å². The SMILES string of the molecule is CCCc1nc2c(C)cc(C(=O)N3CCCCC3)cc2n1Cc1ccc(-c2ccccc2C(=O)O)cc1. The fraction of sp³-hybridized carbons (Fsp3) is 0.323. The smallest absolute Gasteiger partial charge is 0.336 e. The zero-order valence-corrected chi connectivity index (χ0v) is 21.5. The molecule has 1 fully saturated rings. The monoisotopic (exact) mass is 495 g/mol. The van der Waals surface area contributed by atoms with E-state index in [9.17, 15) is 14.7 Å². The molecule has 1 saturated heterocycles. The molecule has 37 heavy (non-hydrogen) atoms. The number of aryl methyl sites for hydroxylation is 2. The highest BCUT2D eigenvalue weighted by Crippen LogP contribution is 2.27. The van der Waals surface area contributed by atoms with Gasteiger partial charge in [0, 0.05) is 31.6 Å². The lowest BCUT2D eigenvalue weighted by Gasteiger charge is -2.27. The molecule has 0 unspecified atom stereocenters. The molecule has 0 radical (unpaired) electrons. The Morgan fingerprint density at radius 1 is 0.973 bits per heavy atom. The Bertz CT molecular complexity index is 1450. The number of nitrogens with zero attached hydrogens (tertiary/aromatic N) is 3. The second-order valence-electron chi connectivity index (χ2n) is 9.93. The summed E-state index contributed by atoms with van der Waals surface area (Å²) >= 11 is 0. The number of amides is 1. The Hall–Kier alpha value is -3.93. The van der Waals surface area contributed by atoms with Crippen LogP contribution in [0.3, 0.4) is 0 Å². The first-order valence-corrected chi connectivity index (χ1v) is 13.2. The van der Waals surface area contributed by atoms with E-state index in [0.717, 1.165) is 77.9 Å². The third-order valence-corrected chi connectivity index (χ3v) is 7.25. The Kier molecular flexibility index (Phi) is 7.08. The number of benzene rings is 3. The lowest BCUT2D eigenvalue weighted by Crippen LogP contribution is -2.35. The minimum absolute atomic E-state index is 0.107. The topological polar surface area (TPSA) is 75.4 Å². The zero-order valence-electron chi connectivity index (χ0n) is 21.5. The molecule has 4 aromatic rings. The second kappa shape index (κ2) is 10.6. The normalized spacial score (nSPS) is 13.7. The van der Waals surface area contributed by atoms with Crippen molar-refractivity contribution >= 4 is 22.9 Å². The van der Waals surface area contributed by atoms with E-state index < -0.39 is 5.97 Å². The van der Waals surface area contributed by atoms with E-state index >= 15 is 0 Å². The Labute approximate surface area is 217 Å². The summed E-state index contributed by atoms with van der Waals surface area (Å²) in [6.45, 7) is 6.47. The largest absolute Gasteiger partial charge is 0.478 e. The third-order valence-electron chi connectivity index (χ3n) is 7.25. The summed E-state index contributed by atoms with van der Waals surface area (Å²) in [5, 5.41) is 9.56. The van der Waals surface area contributed by atoms with Gasteiger partial charge in [-0.2, -0.15) is 0 Å². The van der Waals surface area contributed by atoms with Crippen LogP contribution in [0.25, 0.3) is 22.2 Å². The van der Waals surface area contributed by atoms with Gasteiger partial charge in [0.2, 0.25) is 0 Å². The van der Waals surface area contributed by atoms with Gasteiger partial charge in [-0.15, -0.1) is 0 Å². The Balaban J connectivity index is 1.50. The van der Waals surface area contributed by atoms with Crippen LogP contribution in [0, 0.1) is 6.92 Å². The van der Waals surface area contributed by atoms with Crippen LogP contribution in [0.2, 0.25) is 0 Å². The molecule has 3 aromatic carbocycles. The molecule has 2 heterocycles. The molecule has 1 aliphatic rings. The van der Waals surface area contributed by atoms with Crippen molar-refractivity contribution in [2.45, 2.75) is 52.5 Å². The van der Waals surface area contributed by atoms with Gasteiger partial charge in [-0.1, -0.05) is 49.4 Å². The van der Waals surface area contributed by atoms with E-state index in [2.05, 4.69) is 11.5 Å². The van der Waals surface area contributed by atoms with Crippen molar-refractivity contribution in [2.24, 2.45) is 0 Å². The Morgan fingerprint density at radius 3 is 2.41 bits per heavy atom. The van der Waals surface area contributed by atoms with Crippen molar-refractivity contribution < 1.29 is 14.7 Å². The number of fused-ring (bicyclic) bond motifs is 1. The molecule has 6 heteroatoms. The van der Waals surface area contributed by atoms with Crippen LogP contribution in [0.5, 0.6) is 0 Å². The summed E-state index contributed by atoms with van der Waals surface area (Å²) in [4.78, 5) is 31.9. The predicted octanol–water partition coefficient (Wildman–Crippen LogP) is 6.34. The van der Waals surface area contributed by atoms with Crippen molar-refractivity contribution in [1.82, 2.24) is 14.5 Å². The summed E-state index contributed by atoms with van der Waals surface area (Å²) in [6.07, 6.45) is 5.16. The van der Waals surface area contributed by atoms with Gasteiger partial charge in [-0.3, -0.25) is 4.79 Å². The van der Waals surface area contributed by atoms with Crippen LogP contribution in [0.1, 0.15) is 70.3 Å². The molecule has 1 amide bonds. The average Bonchev–Trinajstić information content (AvgIpc) is 3.26. The highest BCUT2D eigenvalue weighted by atomic mass is 16.4. The maximum absolute atomic E-state index is 13.3. The third kappa shape index (κ3) is 5.01. The van der Waals surface area contributed by atoms with Crippen LogP contribution in [-0.2, 0) is 13.0 Å². The van der Waals surface area contributed by atoms with Gasteiger partial charge in [0.25, 0.3) is 5.91 Å². The second-order valence-corrected chi connectivity index (χ2v) is 9.93. The van der Waals surface area contributed by atoms with Gasteiger partial charge in [0.1, 0.15) is 5.82 Å². The van der Waals surface area contributed by atoms with Gasteiger partial charge in [-0.05, 0) is 73.1 Å². The Morgan fingerprint density at radius 2 is 1.70 bits per heavy atom. The number of hydrogen-bond donors (Lipinski definition) is 1. The number of piperidine rings is 1. The first-order chi connectivity index (χ1) is 18.0. The molecular formula is C31H33N3O3. The fourth-order valence-electron chi connectivity index (χ4n) is 5.33.